The third kappa shape index (κ3) is 2.13. The zero-order valence-electron chi connectivity index (χ0n) is 12.9. The molecule has 2 atom stereocenters. The van der Waals surface area contributed by atoms with Gasteiger partial charge in [0.25, 0.3) is 0 Å². The molecule has 0 N–H and O–H groups in total. The zero-order valence-corrected chi connectivity index (χ0v) is 12.9. The summed E-state index contributed by atoms with van der Waals surface area (Å²) < 4.78 is 21.3. The molecule has 0 aromatic carbocycles. The third-order valence-corrected chi connectivity index (χ3v) is 5.15. The van der Waals surface area contributed by atoms with E-state index >= 15 is 0 Å². The van der Waals surface area contributed by atoms with Crippen LogP contribution in [0.4, 0.5) is 0 Å². The first-order chi connectivity index (χ1) is 10.3. The Bertz CT molecular complexity index is 437. The molecule has 0 radical (unpaired) electrons. The Hall–Kier alpha value is -0.940. The predicted octanol–water partition coefficient (Wildman–Crippen LogP) is 2.82. The minimum absolute atomic E-state index is 0.154. The molecule has 0 amide bonds. The van der Waals surface area contributed by atoms with Crippen LogP contribution < -0.4 is 0 Å². The topological polar surface area (TPSA) is 36.9 Å². The fourth-order valence-corrected chi connectivity index (χ4v) is 4.40. The highest BCUT2D eigenvalue weighted by atomic mass is 16.7. The first-order valence-electron chi connectivity index (χ1n) is 7.54. The van der Waals surface area contributed by atoms with Crippen molar-refractivity contribution in [3.63, 3.8) is 0 Å². The average molecular weight is 292 g/mol. The maximum atomic E-state index is 5.65. The Morgan fingerprint density at radius 2 is 1.33 bits per heavy atom. The van der Waals surface area contributed by atoms with Gasteiger partial charge in [-0.1, -0.05) is 30.7 Å². The van der Waals surface area contributed by atoms with Crippen LogP contribution in [0.3, 0.4) is 0 Å². The van der Waals surface area contributed by atoms with Crippen LogP contribution in [-0.2, 0) is 18.9 Å². The van der Waals surface area contributed by atoms with Gasteiger partial charge in [-0.2, -0.15) is 0 Å². The maximum absolute atomic E-state index is 5.65. The third-order valence-electron chi connectivity index (χ3n) is 5.15. The van der Waals surface area contributed by atoms with Gasteiger partial charge in [0.1, 0.15) is 13.6 Å². The second-order valence-corrected chi connectivity index (χ2v) is 5.98. The van der Waals surface area contributed by atoms with Crippen molar-refractivity contribution in [3.05, 3.63) is 35.5 Å². The highest BCUT2D eigenvalue weighted by Crippen LogP contribution is 2.71. The van der Waals surface area contributed by atoms with E-state index in [4.69, 9.17) is 18.9 Å². The van der Waals surface area contributed by atoms with E-state index < -0.39 is 0 Å². The monoisotopic (exact) mass is 292 g/mol. The molecule has 0 heterocycles. The summed E-state index contributed by atoms with van der Waals surface area (Å²) in [4.78, 5) is 0. The van der Waals surface area contributed by atoms with Crippen molar-refractivity contribution in [2.45, 2.75) is 19.3 Å². The summed E-state index contributed by atoms with van der Waals surface area (Å²) in [5, 5.41) is 0. The van der Waals surface area contributed by atoms with Crippen LogP contribution in [0, 0.1) is 10.8 Å². The molecule has 1 fully saturated rings. The number of rotatable bonds is 8. The van der Waals surface area contributed by atoms with E-state index in [9.17, 15) is 0 Å². The molecule has 116 valence electrons. The van der Waals surface area contributed by atoms with E-state index in [1.54, 1.807) is 14.2 Å². The highest BCUT2D eigenvalue weighted by Gasteiger charge is 2.64. The van der Waals surface area contributed by atoms with Crippen molar-refractivity contribution in [2.75, 3.05) is 41.0 Å². The lowest BCUT2D eigenvalue weighted by Crippen LogP contribution is -2.51. The van der Waals surface area contributed by atoms with Crippen LogP contribution in [0.2, 0.25) is 0 Å². The quantitative estimate of drug-likeness (QED) is 0.392. The molecule has 0 unspecified atom stereocenters. The summed E-state index contributed by atoms with van der Waals surface area (Å²) in [7, 11) is 3.30. The second-order valence-electron chi connectivity index (χ2n) is 5.98. The van der Waals surface area contributed by atoms with Crippen LogP contribution in [0.15, 0.2) is 35.5 Å². The molecule has 4 nitrogen and oxygen atoms in total. The Morgan fingerprint density at radius 3 is 1.76 bits per heavy atom. The van der Waals surface area contributed by atoms with E-state index in [1.807, 2.05) is 0 Å². The van der Waals surface area contributed by atoms with Gasteiger partial charge in [0.2, 0.25) is 0 Å². The van der Waals surface area contributed by atoms with Crippen molar-refractivity contribution >= 4 is 0 Å². The molecule has 0 aliphatic heterocycles. The van der Waals surface area contributed by atoms with E-state index in [2.05, 4.69) is 24.3 Å². The van der Waals surface area contributed by atoms with Crippen molar-refractivity contribution in [3.8, 4) is 0 Å². The van der Waals surface area contributed by atoms with Crippen LogP contribution in [0.25, 0.3) is 0 Å². The van der Waals surface area contributed by atoms with Gasteiger partial charge in [-0.15, -0.1) is 0 Å². The van der Waals surface area contributed by atoms with E-state index in [-0.39, 0.29) is 10.8 Å². The summed E-state index contributed by atoms with van der Waals surface area (Å²) in [6.07, 6.45) is 12.7. The lowest BCUT2D eigenvalue weighted by atomic mass is 9.47. The number of hydrogen-bond acceptors (Lipinski definition) is 4. The molecule has 0 aromatic heterocycles. The summed E-state index contributed by atoms with van der Waals surface area (Å²) in [5.41, 5.74) is 3.07. The molecule has 3 aliphatic carbocycles. The highest BCUT2D eigenvalue weighted by molar-refractivity contribution is 5.56. The molecule has 0 aromatic rings. The lowest BCUT2D eigenvalue weighted by Gasteiger charge is -2.57. The van der Waals surface area contributed by atoms with Crippen LogP contribution in [-0.4, -0.2) is 41.0 Å². The average Bonchev–Trinajstić information content (AvgIpc) is 2.85. The molecule has 3 rings (SSSR count). The van der Waals surface area contributed by atoms with Gasteiger partial charge < -0.3 is 18.9 Å². The Kier molecular flexibility index (Phi) is 4.31. The van der Waals surface area contributed by atoms with Gasteiger partial charge in [0.05, 0.1) is 13.2 Å². The molecule has 0 saturated heterocycles. The minimum Gasteiger partial charge on any atom is -0.359 e. The Morgan fingerprint density at radius 1 is 0.857 bits per heavy atom. The van der Waals surface area contributed by atoms with Gasteiger partial charge in [-0.05, 0) is 24.0 Å². The number of ether oxygens (including phenoxy) is 4. The van der Waals surface area contributed by atoms with Crippen LogP contribution in [0.5, 0.6) is 0 Å². The van der Waals surface area contributed by atoms with E-state index in [1.165, 1.54) is 30.4 Å². The molecule has 0 bridgehead atoms. The SMILES string of the molecule is COCOCC1=C(COCOC)[C@]23C=CC=C[C@]12CCC3. The van der Waals surface area contributed by atoms with E-state index in [0.717, 1.165) is 0 Å². The van der Waals surface area contributed by atoms with Gasteiger partial charge >= 0.3 is 0 Å². The van der Waals surface area contributed by atoms with Gasteiger partial charge in [-0.3, -0.25) is 0 Å². The number of methoxy groups -OCH3 is 2. The number of hydrogen-bond donors (Lipinski definition) is 0. The fourth-order valence-electron chi connectivity index (χ4n) is 4.40. The van der Waals surface area contributed by atoms with E-state index in [0.29, 0.717) is 26.8 Å². The second kappa shape index (κ2) is 6.05. The lowest BCUT2D eigenvalue weighted by molar-refractivity contribution is -0.0431. The summed E-state index contributed by atoms with van der Waals surface area (Å²) in [6, 6.07) is 0. The molecule has 21 heavy (non-hydrogen) atoms. The van der Waals surface area contributed by atoms with Gasteiger partial charge in [0.15, 0.2) is 0 Å². The van der Waals surface area contributed by atoms with Crippen molar-refractivity contribution in [1.82, 2.24) is 0 Å². The van der Waals surface area contributed by atoms with Crippen molar-refractivity contribution < 1.29 is 18.9 Å². The maximum Gasteiger partial charge on any atom is 0.146 e. The molecular formula is C17H24O4. The minimum atomic E-state index is 0.154. The summed E-state index contributed by atoms with van der Waals surface area (Å²) >= 11 is 0. The van der Waals surface area contributed by atoms with Crippen molar-refractivity contribution in [1.29, 1.82) is 0 Å². The normalized spacial score (nSPS) is 33.0. The first kappa shape index (κ1) is 15.0. The summed E-state index contributed by atoms with van der Waals surface area (Å²) in [6.45, 7) is 1.91. The fraction of sp³-hybridized carbons (Fsp3) is 0.647. The predicted molar refractivity (Wildman–Crippen MR) is 79.7 cm³/mol. The number of allylic oxidation sites excluding steroid dienone is 4. The molecular weight excluding hydrogens is 268 g/mol. The van der Waals surface area contributed by atoms with Gasteiger partial charge in [-0.25, -0.2) is 0 Å². The first-order valence-corrected chi connectivity index (χ1v) is 7.54. The zero-order chi connectivity index (χ0) is 14.8. The molecule has 0 spiro atoms. The Labute approximate surface area is 126 Å². The smallest absolute Gasteiger partial charge is 0.146 e. The van der Waals surface area contributed by atoms with Crippen LogP contribution in [0.1, 0.15) is 19.3 Å². The largest absolute Gasteiger partial charge is 0.359 e. The van der Waals surface area contributed by atoms with Crippen LogP contribution >= 0.6 is 0 Å². The molecule has 4 heteroatoms. The van der Waals surface area contributed by atoms with Crippen molar-refractivity contribution in [2.24, 2.45) is 10.8 Å². The molecule has 1 saturated carbocycles. The molecule has 3 aliphatic rings. The standard InChI is InChI=1S/C17H24O4/c1-18-12-20-10-14-15(11-21-13-19-2)17-7-4-3-6-16(14,17)8-5-9-17/h3-4,6-7H,5,8-13H2,1-2H3/t16-,17+. The summed E-state index contributed by atoms with van der Waals surface area (Å²) in [5.74, 6) is 0. The van der Waals surface area contributed by atoms with Gasteiger partial charge in [0, 0.05) is 25.0 Å². The Balaban J connectivity index is 1.85.